The molecule has 7 nitrogen and oxygen atoms in total. The van der Waals surface area contributed by atoms with Crippen molar-refractivity contribution in [1.82, 2.24) is 15.0 Å². The molecule has 0 aliphatic heterocycles. The smallest absolute Gasteiger partial charge is 0.257 e. The van der Waals surface area contributed by atoms with E-state index in [1.807, 2.05) is 30.3 Å². The van der Waals surface area contributed by atoms with E-state index < -0.39 is 32.1 Å². The molecule has 0 saturated carbocycles. The van der Waals surface area contributed by atoms with Crippen LogP contribution in [0.25, 0.3) is 10.9 Å². The monoisotopic (exact) mass is 527 g/mol. The third-order valence-corrected chi connectivity index (χ3v) is 7.30. The highest BCUT2D eigenvalue weighted by Crippen LogP contribution is 2.20. The Morgan fingerprint density at radius 3 is 2.44 bits per heavy atom. The molecule has 0 bridgehead atoms. The highest BCUT2D eigenvalue weighted by atomic mass is 35.5. The summed E-state index contributed by atoms with van der Waals surface area (Å²) in [5.41, 5.74) is 0.612. The lowest BCUT2D eigenvalue weighted by atomic mass is 10.1. The lowest BCUT2D eigenvalue weighted by molar-refractivity contribution is 0.0949. The molecule has 0 radical (unpaired) electrons. The van der Waals surface area contributed by atoms with Crippen LogP contribution in [0, 0.1) is 5.82 Å². The van der Waals surface area contributed by atoms with Crippen LogP contribution in [0.3, 0.4) is 0 Å². The SMILES string of the molecule is O=C(NCc1ccc(Cl)cc1)c1c[nH]c2c(F)cc(S(=O)(=O)NCCCc3ccccc3)cc2c1=O. The number of fused-ring (bicyclic) bond motifs is 1. The van der Waals surface area contributed by atoms with Crippen molar-refractivity contribution >= 4 is 38.4 Å². The Labute approximate surface area is 212 Å². The summed E-state index contributed by atoms with van der Waals surface area (Å²) in [6.07, 6.45) is 2.32. The molecule has 0 aliphatic carbocycles. The number of aromatic amines is 1. The quantitative estimate of drug-likeness (QED) is 0.284. The second kappa shape index (κ2) is 11.0. The van der Waals surface area contributed by atoms with Gasteiger partial charge in [-0.15, -0.1) is 0 Å². The molecule has 1 amide bonds. The molecule has 4 rings (SSSR count). The van der Waals surface area contributed by atoms with Crippen molar-refractivity contribution in [2.24, 2.45) is 0 Å². The molecule has 1 heterocycles. The molecule has 0 spiro atoms. The summed E-state index contributed by atoms with van der Waals surface area (Å²) in [5.74, 6) is -1.59. The Morgan fingerprint density at radius 1 is 1.00 bits per heavy atom. The van der Waals surface area contributed by atoms with Crippen molar-refractivity contribution in [3.05, 3.63) is 111 Å². The number of H-pyrrole nitrogens is 1. The summed E-state index contributed by atoms with van der Waals surface area (Å²) in [6.45, 7) is 0.281. The van der Waals surface area contributed by atoms with E-state index in [9.17, 15) is 22.4 Å². The van der Waals surface area contributed by atoms with Crippen LogP contribution in [-0.2, 0) is 23.0 Å². The highest BCUT2D eigenvalue weighted by Gasteiger charge is 2.20. The molecule has 1 aromatic heterocycles. The number of nitrogens with one attached hydrogen (secondary N) is 3. The number of benzene rings is 3. The molecule has 36 heavy (non-hydrogen) atoms. The van der Waals surface area contributed by atoms with Gasteiger partial charge in [0.25, 0.3) is 5.91 Å². The number of amides is 1. The van der Waals surface area contributed by atoms with Gasteiger partial charge in [-0.1, -0.05) is 54.1 Å². The van der Waals surface area contributed by atoms with Crippen LogP contribution in [0.15, 0.2) is 82.6 Å². The summed E-state index contributed by atoms with van der Waals surface area (Å²) < 4.78 is 42.7. The Bertz CT molecular complexity index is 1560. The maximum absolute atomic E-state index is 14.7. The average Bonchev–Trinajstić information content (AvgIpc) is 2.87. The van der Waals surface area contributed by atoms with Gasteiger partial charge >= 0.3 is 0 Å². The number of aryl methyl sites for hydroxylation is 1. The van der Waals surface area contributed by atoms with Crippen LogP contribution in [-0.4, -0.2) is 25.9 Å². The summed E-state index contributed by atoms with van der Waals surface area (Å²) in [5, 5.41) is 2.93. The van der Waals surface area contributed by atoms with Gasteiger partial charge in [-0.25, -0.2) is 17.5 Å². The van der Waals surface area contributed by atoms with E-state index in [1.54, 1.807) is 24.3 Å². The van der Waals surface area contributed by atoms with Crippen LogP contribution in [0.5, 0.6) is 0 Å². The molecule has 186 valence electrons. The molecule has 3 N–H and O–H groups in total. The third kappa shape index (κ3) is 5.99. The first kappa shape index (κ1) is 25.6. The molecule has 3 aromatic carbocycles. The first-order valence-corrected chi connectivity index (χ1v) is 13.0. The summed E-state index contributed by atoms with van der Waals surface area (Å²) in [6, 6.07) is 18.3. The predicted octanol–water partition coefficient (Wildman–Crippen LogP) is 4.16. The third-order valence-electron chi connectivity index (χ3n) is 5.61. The van der Waals surface area contributed by atoms with Crippen molar-refractivity contribution in [2.45, 2.75) is 24.3 Å². The van der Waals surface area contributed by atoms with Gasteiger partial charge in [-0.05, 0) is 48.2 Å². The van der Waals surface area contributed by atoms with Crippen LogP contribution in [0.4, 0.5) is 4.39 Å². The fraction of sp³-hybridized carbons (Fsp3) is 0.154. The molecule has 10 heteroatoms. The van der Waals surface area contributed by atoms with E-state index in [0.717, 1.165) is 29.5 Å². The van der Waals surface area contributed by atoms with Gasteiger partial charge in [0, 0.05) is 24.3 Å². The van der Waals surface area contributed by atoms with Gasteiger partial charge in [0.2, 0.25) is 15.5 Å². The number of hydrogen-bond donors (Lipinski definition) is 3. The van der Waals surface area contributed by atoms with E-state index in [0.29, 0.717) is 17.9 Å². The molecule has 0 unspecified atom stereocenters. The minimum absolute atomic E-state index is 0.139. The standard InChI is InChI=1S/C26H23ClFN3O4S/c27-19-10-8-18(9-11-19)15-30-26(33)22-16-29-24-21(25(22)32)13-20(14-23(24)28)36(34,35)31-12-4-7-17-5-2-1-3-6-17/h1-3,5-6,8-11,13-14,16,31H,4,7,12,15H2,(H,29,32)(H,30,33). The normalized spacial score (nSPS) is 11.5. The number of carbonyl (C=O) groups is 1. The Hall–Kier alpha value is -3.53. The second-order valence-corrected chi connectivity index (χ2v) is 10.4. The van der Waals surface area contributed by atoms with Crippen LogP contribution >= 0.6 is 11.6 Å². The van der Waals surface area contributed by atoms with E-state index >= 15 is 0 Å². The number of hydrogen-bond acceptors (Lipinski definition) is 4. The van der Waals surface area contributed by atoms with Crippen LogP contribution in [0.2, 0.25) is 5.02 Å². The molecular formula is C26H23ClFN3O4S. The van der Waals surface area contributed by atoms with Gasteiger partial charge in [0.05, 0.1) is 15.8 Å². The van der Waals surface area contributed by atoms with Crippen LogP contribution in [0.1, 0.15) is 27.9 Å². The highest BCUT2D eigenvalue weighted by molar-refractivity contribution is 7.89. The Morgan fingerprint density at radius 2 is 1.72 bits per heavy atom. The zero-order valence-corrected chi connectivity index (χ0v) is 20.6. The van der Waals surface area contributed by atoms with Crippen molar-refractivity contribution < 1.29 is 17.6 Å². The minimum Gasteiger partial charge on any atom is -0.358 e. The molecule has 0 fully saturated rings. The van der Waals surface area contributed by atoms with Gasteiger partial charge < -0.3 is 10.3 Å². The van der Waals surface area contributed by atoms with Gasteiger partial charge in [0.15, 0.2) is 0 Å². The van der Waals surface area contributed by atoms with Gasteiger partial charge in [0.1, 0.15) is 11.4 Å². The lowest BCUT2D eigenvalue weighted by Crippen LogP contribution is -2.29. The number of rotatable bonds is 9. The van der Waals surface area contributed by atoms with Gasteiger partial charge in [-0.3, -0.25) is 9.59 Å². The molecule has 0 saturated heterocycles. The number of pyridine rings is 1. The van der Waals surface area contributed by atoms with Crippen molar-refractivity contribution in [1.29, 1.82) is 0 Å². The number of carbonyl (C=O) groups excluding carboxylic acids is 1. The first-order chi connectivity index (χ1) is 17.2. The van der Waals surface area contributed by atoms with E-state index in [-0.39, 0.29) is 29.6 Å². The minimum atomic E-state index is -4.08. The number of aromatic nitrogens is 1. The maximum atomic E-state index is 14.7. The number of halogens is 2. The largest absolute Gasteiger partial charge is 0.358 e. The zero-order chi connectivity index (χ0) is 25.7. The Balaban J connectivity index is 1.51. The topological polar surface area (TPSA) is 108 Å². The summed E-state index contributed by atoms with van der Waals surface area (Å²) in [7, 11) is -4.08. The first-order valence-electron chi connectivity index (χ1n) is 11.2. The van der Waals surface area contributed by atoms with Gasteiger partial charge in [-0.2, -0.15) is 0 Å². The summed E-state index contributed by atoms with van der Waals surface area (Å²) in [4.78, 5) is 27.8. The van der Waals surface area contributed by atoms with E-state index in [4.69, 9.17) is 11.6 Å². The van der Waals surface area contributed by atoms with E-state index in [2.05, 4.69) is 15.0 Å². The number of sulfonamides is 1. The molecule has 0 aliphatic rings. The van der Waals surface area contributed by atoms with Crippen molar-refractivity contribution in [3.8, 4) is 0 Å². The zero-order valence-electron chi connectivity index (χ0n) is 19.1. The Kier molecular flexibility index (Phi) is 7.83. The second-order valence-electron chi connectivity index (χ2n) is 8.16. The fourth-order valence-corrected chi connectivity index (χ4v) is 4.93. The summed E-state index contributed by atoms with van der Waals surface area (Å²) >= 11 is 5.85. The molecule has 4 aromatic rings. The maximum Gasteiger partial charge on any atom is 0.257 e. The lowest BCUT2D eigenvalue weighted by Gasteiger charge is -2.10. The van der Waals surface area contributed by atoms with Crippen LogP contribution < -0.4 is 15.5 Å². The average molecular weight is 528 g/mol. The van der Waals surface area contributed by atoms with Crippen molar-refractivity contribution in [3.63, 3.8) is 0 Å². The fourth-order valence-electron chi connectivity index (χ4n) is 3.69. The predicted molar refractivity (Wildman–Crippen MR) is 137 cm³/mol. The molecular weight excluding hydrogens is 505 g/mol. The van der Waals surface area contributed by atoms with Crippen molar-refractivity contribution in [2.75, 3.05) is 6.54 Å². The molecule has 0 atom stereocenters. The van der Waals surface area contributed by atoms with E-state index in [1.165, 1.54) is 0 Å².